The van der Waals surface area contributed by atoms with E-state index in [0.717, 1.165) is 5.56 Å². The van der Waals surface area contributed by atoms with Crippen LogP contribution >= 0.6 is 0 Å². The largest absolute Gasteiger partial charge is 0.495 e. The quantitative estimate of drug-likeness (QED) is 0.841. The fourth-order valence-corrected chi connectivity index (χ4v) is 1.46. The molecule has 4 nitrogen and oxygen atoms in total. The van der Waals surface area contributed by atoms with Crippen molar-refractivity contribution in [3.05, 3.63) is 23.8 Å². The van der Waals surface area contributed by atoms with Gasteiger partial charge in [0, 0.05) is 7.05 Å². The Morgan fingerprint density at radius 2 is 2.12 bits per heavy atom. The van der Waals surface area contributed by atoms with E-state index in [1.54, 1.807) is 20.2 Å². The predicted molar refractivity (Wildman–Crippen MR) is 62.8 cm³/mol. The van der Waals surface area contributed by atoms with Crippen LogP contribution in [0, 0.1) is 6.92 Å². The standard InChI is InChI=1S/C12H17NO3/c1-8-5-6-11(16-4)10(7-8)13(3)12(15)9(2)14/h5-7,9,14H,1-4H3. The van der Waals surface area contributed by atoms with Crippen LogP contribution in [-0.2, 0) is 4.79 Å². The molecule has 1 atom stereocenters. The van der Waals surface area contributed by atoms with Gasteiger partial charge in [0.1, 0.15) is 11.9 Å². The van der Waals surface area contributed by atoms with Gasteiger partial charge in [-0.15, -0.1) is 0 Å². The van der Waals surface area contributed by atoms with Gasteiger partial charge < -0.3 is 14.7 Å². The fraction of sp³-hybridized carbons (Fsp3) is 0.417. The highest BCUT2D eigenvalue weighted by atomic mass is 16.5. The molecule has 1 amide bonds. The molecule has 1 N–H and O–H groups in total. The van der Waals surface area contributed by atoms with Crippen molar-refractivity contribution in [2.45, 2.75) is 20.0 Å². The van der Waals surface area contributed by atoms with E-state index in [1.165, 1.54) is 11.8 Å². The molecule has 0 bridgehead atoms. The molecule has 4 heteroatoms. The Morgan fingerprint density at radius 3 is 2.62 bits per heavy atom. The lowest BCUT2D eigenvalue weighted by molar-refractivity contribution is -0.125. The average Bonchev–Trinajstić information content (AvgIpc) is 2.26. The lowest BCUT2D eigenvalue weighted by Crippen LogP contribution is -2.34. The number of benzene rings is 1. The number of methoxy groups -OCH3 is 1. The summed E-state index contributed by atoms with van der Waals surface area (Å²) >= 11 is 0. The molecule has 0 heterocycles. The van der Waals surface area contributed by atoms with Crippen LogP contribution in [0.25, 0.3) is 0 Å². The van der Waals surface area contributed by atoms with Crippen molar-refractivity contribution >= 4 is 11.6 Å². The van der Waals surface area contributed by atoms with Crippen molar-refractivity contribution < 1.29 is 14.6 Å². The number of hydrogen-bond acceptors (Lipinski definition) is 3. The van der Waals surface area contributed by atoms with E-state index in [-0.39, 0.29) is 5.91 Å². The molecule has 0 spiro atoms. The van der Waals surface area contributed by atoms with E-state index < -0.39 is 6.10 Å². The predicted octanol–water partition coefficient (Wildman–Crippen LogP) is 1.35. The molecule has 1 rings (SSSR count). The summed E-state index contributed by atoms with van der Waals surface area (Å²) in [6.45, 7) is 3.38. The molecule has 0 radical (unpaired) electrons. The van der Waals surface area contributed by atoms with Gasteiger partial charge in [-0.1, -0.05) is 6.07 Å². The average molecular weight is 223 g/mol. The fourth-order valence-electron chi connectivity index (χ4n) is 1.46. The third kappa shape index (κ3) is 2.52. The van der Waals surface area contributed by atoms with Crippen LogP contribution in [0.5, 0.6) is 5.75 Å². The number of hydrogen-bond donors (Lipinski definition) is 1. The van der Waals surface area contributed by atoms with Gasteiger partial charge >= 0.3 is 0 Å². The molecule has 0 saturated carbocycles. The van der Waals surface area contributed by atoms with Gasteiger partial charge in [0.15, 0.2) is 0 Å². The molecule has 0 aliphatic heterocycles. The number of carbonyl (C=O) groups is 1. The number of nitrogens with zero attached hydrogens (tertiary/aromatic N) is 1. The normalized spacial score (nSPS) is 12.1. The van der Waals surface area contributed by atoms with E-state index in [0.29, 0.717) is 11.4 Å². The van der Waals surface area contributed by atoms with Gasteiger partial charge in [0.25, 0.3) is 5.91 Å². The smallest absolute Gasteiger partial charge is 0.255 e. The second-order valence-electron chi connectivity index (χ2n) is 3.75. The highest BCUT2D eigenvalue weighted by molar-refractivity contribution is 5.97. The highest BCUT2D eigenvalue weighted by Crippen LogP contribution is 2.28. The molecule has 1 unspecified atom stereocenters. The number of anilines is 1. The van der Waals surface area contributed by atoms with Gasteiger partial charge in [-0.05, 0) is 31.5 Å². The maximum atomic E-state index is 11.6. The first-order valence-corrected chi connectivity index (χ1v) is 5.07. The number of aryl methyl sites for hydroxylation is 1. The lowest BCUT2D eigenvalue weighted by atomic mass is 10.2. The monoisotopic (exact) mass is 223 g/mol. The number of carbonyl (C=O) groups excluding carboxylic acids is 1. The van der Waals surface area contributed by atoms with Gasteiger partial charge in [0.05, 0.1) is 12.8 Å². The Labute approximate surface area is 95.5 Å². The summed E-state index contributed by atoms with van der Waals surface area (Å²) in [6, 6.07) is 5.55. The first-order valence-electron chi connectivity index (χ1n) is 5.07. The van der Waals surface area contributed by atoms with E-state index in [9.17, 15) is 9.90 Å². The zero-order valence-corrected chi connectivity index (χ0v) is 10.0. The zero-order chi connectivity index (χ0) is 12.3. The van der Waals surface area contributed by atoms with Crippen LogP contribution in [0.2, 0.25) is 0 Å². The van der Waals surface area contributed by atoms with Crippen molar-refractivity contribution in [1.82, 2.24) is 0 Å². The molecule has 0 fully saturated rings. The molecule has 1 aromatic rings. The summed E-state index contributed by atoms with van der Waals surface area (Å²) in [5, 5.41) is 9.25. The minimum atomic E-state index is -1.02. The zero-order valence-electron chi connectivity index (χ0n) is 10.0. The molecule has 16 heavy (non-hydrogen) atoms. The Bertz CT molecular complexity index is 388. The van der Waals surface area contributed by atoms with E-state index in [4.69, 9.17) is 4.74 Å². The maximum Gasteiger partial charge on any atom is 0.255 e. The summed E-state index contributed by atoms with van der Waals surface area (Å²) in [5.41, 5.74) is 1.69. The van der Waals surface area contributed by atoms with E-state index in [2.05, 4.69) is 0 Å². The third-order valence-corrected chi connectivity index (χ3v) is 2.38. The van der Waals surface area contributed by atoms with Crippen molar-refractivity contribution in [2.24, 2.45) is 0 Å². The Balaban J connectivity index is 3.11. The molecular formula is C12H17NO3. The Morgan fingerprint density at radius 1 is 1.50 bits per heavy atom. The molecule has 0 aliphatic rings. The van der Waals surface area contributed by atoms with Gasteiger partial charge in [-0.3, -0.25) is 4.79 Å². The summed E-state index contributed by atoms with van der Waals surface area (Å²) in [4.78, 5) is 13.0. The van der Waals surface area contributed by atoms with Crippen LogP contribution < -0.4 is 9.64 Å². The van der Waals surface area contributed by atoms with Crippen LogP contribution in [0.1, 0.15) is 12.5 Å². The Kier molecular flexibility index (Phi) is 3.90. The highest BCUT2D eigenvalue weighted by Gasteiger charge is 2.19. The number of likely N-dealkylation sites (N-methyl/N-ethyl adjacent to an activating group) is 1. The van der Waals surface area contributed by atoms with Crippen LogP contribution in [0.4, 0.5) is 5.69 Å². The molecule has 1 aromatic carbocycles. The second kappa shape index (κ2) is 4.99. The summed E-state index contributed by atoms with van der Waals surface area (Å²) < 4.78 is 5.18. The maximum absolute atomic E-state index is 11.6. The Hall–Kier alpha value is -1.55. The summed E-state index contributed by atoms with van der Waals surface area (Å²) in [5.74, 6) is 0.256. The van der Waals surface area contributed by atoms with E-state index in [1.807, 2.05) is 19.1 Å². The first-order chi connectivity index (χ1) is 7.47. The van der Waals surface area contributed by atoms with Gasteiger partial charge in [0.2, 0.25) is 0 Å². The number of aliphatic hydroxyl groups excluding tert-OH is 1. The third-order valence-electron chi connectivity index (χ3n) is 2.38. The number of aliphatic hydroxyl groups is 1. The molecule has 0 aliphatic carbocycles. The summed E-state index contributed by atoms with van der Waals surface area (Å²) in [7, 11) is 3.17. The van der Waals surface area contributed by atoms with Crippen LogP contribution in [0.15, 0.2) is 18.2 Å². The molecule has 0 aromatic heterocycles. The number of ether oxygens (including phenoxy) is 1. The molecule has 88 valence electrons. The van der Waals surface area contributed by atoms with Crippen molar-refractivity contribution in [3.63, 3.8) is 0 Å². The van der Waals surface area contributed by atoms with Crippen LogP contribution in [-0.4, -0.2) is 31.3 Å². The molecule has 0 saturated heterocycles. The topological polar surface area (TPSA) is 49.8 Å². The number of rotatable bonds is 3. The minimum Gasteiger partial charge on any atom is -0.495 e. The second-order valence-corrected chi connectivity index (χ2v) is 3.75. The molecular weight excluding hydrogens is 206 g/mol. The van der Waals surface area contributed by atoms with Crippen molar-refractivity contribution in [2.75, 3.05) is 19.1 Å². The minimum absolute atomic E-state index is 0.357. The first kappa shape index (κ1) is 12.5. The van der Waals surface area contributed by atoms with E-state index >= 15 is 0 Å². The number of amides is 1. The van der Waals surface area contributed by atoms with Gasteiger partial charge in [-0.2, -0.15) is 0 Å². The SMILES string of the molecule is COc1ccc(C)cc1N(C)C(=O)C(C)O. The summed E-state index contributed by atoms with van der Waals surface area (Å²) in [6.07, 6.45) is -1.02. The van der Waals surface area contributed by atoms with Crippen LogP contribution in [0.3, 0.4) is 0 Å². The van der Waals surface area contributed by atoms with Crippen molar-refractivity contribution in [1.29, 1.82) is 0 Å². The van der Waals surface area contributed by atoms with Crippen molar-refractivity contribution in [3.8, 4) is 5.75 Å². The van der Waals surface area contributed by atoms with Gasteiger partial charge in [-0.25, -0.2) is 0 Å². The lowest BCUT2D eigenvalue weighted by Gasteiger charge is -2.21.